The summed E-state index contributed by atoms with van der Waals surface area (Å²) in [6, 6.07) is 4.02. The lowest BCUT2D eigenvalue weighted by atomic mass is 9.78. The summed E-state index contributed by atoms with van der Waals surface area (Å²) in [5.41, 5.74) is 0. The minimum Gasteiger partial charge on any atom is -0.379 e. The second kappa shape index (κ2) is 8.29. The van der Waals surface area contributed by atoms with E-state index in [-0.39, 0.29) is 0 Å². The van der Waals surface area contributed by atoms with E-state index in [1.165, 1.54) is 42.8 Å². The summed E-state index contributed by atoms with van der Waals surface area (Å²) in [7, 11) is -3.50. The summed E-state index contributed by atoms with van der Waals surface area (Å²) in [6.07, 6.45) is 9.52. The molecule has 2 atom stereocenters. The molecule has 0 radical (unpaired) electrons. The molecule has 2 aliphatic heterocycles. The number of nitrogens with zero attached hydrogens (tertiary/aromatic N) is 3. The Morgan fingerprint density at radius 1 is 1.04 bits per heavy atom. The van der Waals surface area contributed by atoms with Crippen LogP contribution < -0.4 is 0 Å². The highest BCUT2D eigenvalue weighted by Crippen LogP contribution is 2.35. The molecule has 0 unspecified atom stereocenters. The highest BCUT2D eigenvalue weighted by molar-refractivity contribution is 7.89. The van der Waals surface area contributed by atoms with Gasteiger partial charge in [0.15, 0.2) is 0 Å². The zero-order chi connectivity index (χ0) is 18.9. The van der Waals surface area contributed by atoms with Gasteiger partial charge < -0.3 is 9.30 Å². The molecule has 8 heteroatoms. The van der Waals surface area contributed by atoms with E-state index < -0.39 is 10.0 Å². The lowest BCUT2D eigenvalue weighted by Crippen LogP contribution is -2.47. The standard InChI is InChI=1S/C19H29N3O3S2/c23-27(24,22-10-12-25-13-11-22)17-7-8-19(26)21(14-17)15-20-9-3-5-16-4-1-2-6-18(16)20/h7-8,14,16,18H,1-6,9-13,15H2/t16-,18+/m1/s1. The SMILES string of the molecule is O=S(=O)(c1ccc(=S)n(CN2CCC[C@H]3CCCC[C@@H]32)c1)N1CCOCC1. The summed E-state index contributed by atoms with van der Waals surface area (Å²) < 4.78 is 35.4. The quantitative estimate of drug-likeness (QED) is 0.713. The summed E-state index contributed by atoms with van der Waals surface area (Å²) in [5.74, 6) is 0.793. The van der Waals surface area contributed by atoms with Crippen LogP contribution in [0.3, 0.4) is 0 Å². The van der Waals surface area contributed by atoms with Gasteiger partial charge in [0.05, 0.1) is 24.8 Å². The molecule has 0 bridgehead atoms. The van der Waals surface area contributed by atoms with Crippen molar-refractivity contribution in [3.05, 3.63) is 23.0 Å². The van der Waals surface area contributed by atoms with E-state index in [0.29, 0.717) is 48.5 Å². The third kappa shape index (κ3) is 4.15. The zero-order valence-electron chi connectivity index (χ0n) is 15.8. The van der Waals surface area contributed by atoms with Crippen LogP contribution in [0.4, 0.5) is 0 Å². The monoisotopic (exact) mass is 411 g/mol. The molecule has 0 N–H and O–H groups in total. The molecule has 0 aromatic carbocycles. The predicted molar refractivity (Wildman–Crippen MR) is 107 cm³/mol. The van der Waals surface area contributed by atoms with Gasteiger partial charge in [-0.3, -0.25) is 4.90 Å². The van der Waals surface area contributed by atoms with Crippen LogP contribution in [-0.4, -0.2) is 61.1 Å². The van der Waals surface area contributed by atoms with Gasteiger partial charge in [0.25, 0.3) is 0 Å². The summed E-state index contributed by atoms with van der Waals surface area (Å²) in [6.45, 7) is 3.49. The maximum Gasteiger partial charge on any atom is 0.244 e. The van der Waals surface area contributed by atoms with Crippen LogP contribution in [0.5, 0.6) is 0 Å². The molecule has 0 amide bonds. The van der Waals surface area contributed by atoms with Crippen molar-refractivity contribution in [2.45, 2.75) is 56.1 Å². The molecule has 3 fully saturated rings. The molecule has 0 spiro atoms. The number of hydrogen-bond donors (Lipinski definition) is 0. The maximum absolute atomic E-state index is 13.0. The van der Waals surface area contributed by atoms with Crippen LogP contribution in [-0.2, 0) is 21.4 Å². The van der Waals surface area contributed by atoms with Crippen LogP contribution in [0.2, 0.25) is 0 Å². The van der Waals surface area contributed by atoms with Crippen molar-refractivity contribution in [2.24, 2.45) is 5.92 Å². The van der Waals surface area contributed by atoms with E-state index >= 15 is 0 Å². The zero-order valence-corrected chi connectivity index (χ0v) is 17.4. The normalized spacial score (nSPS) is 28.0. The molecule has 2 saturated heterocycles. The van der Waals surface area contributed by atoms with Gasteiger partial charge in [-0.05, 0) is 43.7 Å². The number of hydrogen-bond acceptors (Lipinski definition) is 5. The number of pyridine rings is 1. The van der Waals surface area contributed by atoms with Crippen LogP contribution >= 0.6 is 12.2 Å². The topological polar surface area (TPSA) is 54.8 Å². The first-order valence-corrected chi connectivity index (χ1v) is 11.9. The van der Waals surface area contributed by atoms with Crippen molar-refractivity contribution in [1.82, 2.24) is 13.8 Å². The third-order valence-electron chi connectivity index (χ3n) is 6.26. The highest BCUT2D eigenvalue weighted by atomic mass is 32.2. The summed E-state index contributed by atoms with van der Waals surface area (Å²) in [5, 5.41) is 0. The number of rotatable bonds is 4. The van der Waals surface area contributed by atoms with E-state index in [4.69, 9.17) is 17.0 Å². The third-order valence-corrected chi connectivity index (χ3v) is 8.51. The Morgan fingerprint density at radius 3 is 2.59 bits per heavy atom. The van der Waals surface area contributed by atoms with E-state index in [0.717, 1.165) is 12.5 Å². The van der Waals surface area contributed by atoms with Gasteiger partial charge in [-0.15, -0.1) is 0 Å². The van der Waals surface area contributed by atoms with Gasteiger partial charge in [0.2, 0.25) is 10.0 Å². The molecule has 4 rings (SSSR count). The number of morpholine rings is 1. The van der Waals surface area contributed by atoms with Crippen molar-refractivity contribution < 1.29 is 13.2 Å². The van der Waals surface area contributed by atoms with Crippen molar-refractivity contribution in [1.29, 1.82) is 0 Å². The fraction of sp³-hybridized carbons (Fsp3) is 0.737. The van der Waals surface area contributed by atoms with Gasteiger partial charge in [-0.25, -0.2) is 8.42 Å². The minimum absolute atomic E-state index is 0.329. The van der Waals surface area contributed by atoms with Gasteiger partial charge in [0.1, 0.15) is 4.64 Å². The second-order valence-corrected chi connectivity index (χ2v) is 10.3. The number of sulfonamides is 1. The fourth-order valence-corrected chi connectivity index (χ4v) is 6.41. The lowest BCUT2D eigenvalue weighted by molar-refractivity contribution is 0.0357. The first kappa shape index (κ1) is 19.5. The van der Waals surface area contributed by atoms with Crippen LogP contribution in [0.1, 0.15) is 38.5 Å². The molecule has 150 valence electrons. The average molecular weight is 412 g/mol. The molecule has 1 aliphatic carbocycles. The molecular formula is C19H29N3O3S2. The molecule has 1 saturated carbocycles. The molecule has 6 nitrogen and oxygen atoms in total. The van der Waals surface area contributed by atoms with Gasteiger partial charge in [-0.2, -0.15) is 4.31 Å². The van der Waals surface area contributed by atoms with E-state index in [1.807, 2.05) is 4.57 Å². The smallest absolute Gasteiger partial charge is 0.244 e. The fourth-order valence-electron chi connectivity index (χ4n) is 4.81. The number of fused-ring (bicyclic) bond motifs is 1. The van der Waals surface area contributed by atoms with E-state index in [2.05, 4.69) is 4.90 Å². The Hall–Kier alpha value is -0.800. The van der Waals surface area contributed by atoms with Crippen molar-refractivity contribution >= 4 is 22.2 Å². The maximum atomic E-state index is 13.0. The molecular weight excluding hydrogens is 382 g/mol. The van der Waals surface area contributed by atoms with Gasteiger partial charge in [0, 0.05) is 31.9 Å². The Labute approximate surface area is 167 Å². The van der Waals surface area contributed by atoms with Gasteiger partial charge >= 0.3 is 0 Å². The molecule has 1 aromatic rings. The summed E-state index contributed by atoms with van der Waals surface area (Å²) in [4.78, 5) is 2.85. The predicted octanol–water partition coefficient (Wildman–Crippen LogP) is 2.85. The summed E-state index contributed by atoms with van der Waals surface area (Å²) >= 11 is 5.51. The van der Waals surface area contributed by atoms with Crippen LogP contribution in [0.25, 0.3) is 0 Å². The minimum atomic E-state index is -3.50. The number of likely N-dealkylation sites (tertiary alicyclic amines) is 1. The first-order valence-electron chi connectivity index (χ1n) is 10.1. The average Bonchev–Trinajstić information content (AvgIpc) is 2.70. The van der Waals surface area contributed by atoms with Crippen molar-refractivity contribution in [3.8, 4) is 0 Å². The van der Waals surface area contributed by atoms with E-state index in [9.17, 15) is 8.42 Å². The van der Waals surface area contributed by atoms with Crippen molar-refractivity contribution in [2.75, 3.05) is 32.8 Å². The molecule has 3 heterocycles. The second-order valence-electron chi connectivity index (χ2n) is 7.90. The number of piperidine rings is 1. The molecule has 27 heavy (non-hydrogen) atoms. The Bertz CT molecular complexity index is 816. The largest absolute Gasteiger partial charge is 0.379 e. The molecule has 1 aromatic heterocycles. The lowest BCUT2D eigenvalue weighted by Gasteiger charge is -2.44. The van der Waals surface area contributed by atoms with Crippen LogP contribution in [0.15, 0.2) is 23.2 Å². The highest BCUT2D eigenvalue weighted by Gasteiger charge is 2.33. The van der Waals surface area contributed by atoms with Crippen LogP contribution in [0, 0.1) is 10.6 Å². The van der Waals surface area contributed by atoms with E-state index in [1.54, 1.807) is 18.3 Å². The Balaban J connectivity index is 1.56. The Morgan fingerprint density at radius 2 is 1.78 bits per heavy atom. The Kier molecular flexibility index (Phi) is 5.99. The van der Waals surface area contributed by atoms with Crippen molar-refractivity contribution in [3.63, 3.8) is 0 Å². The molecule has 3 aliphatic rings. The number of aromatic nitrogens is 1. The first-order chi connectivity index (χ1) is 13.1. The van der Waals surface area contributed by atoms with Gasteiger partial charge in [-0.1, -0.05) is 25.1 Å². The number of ether oxygens (including phenoxy) is 1.